The van der Waals surface area contributed by atoms with Gasteiger partial charge in [-0.15, -0.1) is 0 Å². The smallest absolute Gasteiger partial charge is 0.311 e. The minimum atomic E-state index is -0.368. The fraction of sp³-hybridized carbons (Fsp3) is 0.261. The Kier molecular flexibility index (Phi) is 6.85. The van der Waals surface area contributed by atoms with Crippen molar-refractivity contribution in [3.05, 3.63) is 65.9 Å². The van der Waals surface area contributed by atoms with E-state index < -0.39 is 0 Å². The third kappa shape index (κ3) is 5.47. The van der Waals surface area contributed by atoms with Gasteiger partial charge >= 0.3 is 11.9 Å². The molecular formula is C23H25N3O4. The van der Waals surface area contributed by atoms with Crippen molar-refractivity contribution >= 4 is 23.4 Å². The number of carbonyl (C=O) groups is 2. The molecule has 0 unspecified atom stereocenters. The summed E-state index contributed by atoms with van der Waals surface area (Å²) >= 11 is 0. The molecule has 0 amide bonds. The number of methoxy groups -OCH3 is 1. The van der Waals surface area contributed by atoms with E-state index in [0.717, 1.165) is 22.5 Å². The van der Waals surface area contributed by atoms with Gasteiger partial charge in [0.1, 0.15) is 5.75 Å². The number of aryl methyl sites for hydroxylation is 2. The van der Waals surface area contributed by atoms with E-state index >= 15 is 0 Å². The first-order valence-corrected chi connectivity index (χ1v) is 9.73. The Bertz CT molecular complexity index is 1000. The van der Waals surface area contributed by atoms with E-state index in [0.29, 0.717) is 18.0 Å². The van der Waals surface area contributed by atoms with Gasteiger partial charge in [0, 0.05) is 30.8 Å². The van der Waals surface area contributed by atoms with Crippen molar-refractivity contribution in [2.45, 2.75) is 33.1 Å². The van der Waals surface area contributed by atoms with E-state index in [4.69, 9.17) is 4.74 Å². The van der Waals surface area contributed by atoms with Crippen LogP contribution in [0.2, 0.25) is 0 Å². The zero-order valence-corrected chi connectivity index (χ0v) is 17.3. The zero-order chi connectivity index (χ0) is 21.5. The number of carbonyl (C=O) groups excluding carboxylic acids is 2. The summed E-state index contributed by atoms with van der Waals surface area (Å²) in [4.78, 5) is 23.2. The molecule has 1 N–H and O–H groups in total. The molecule has 0 spiro atoms. The molecule has 1 heterocycles. The van der Waals surface area contributed by atoms with Crippen LogP contribution in [0.4, 0.5) is 11.5 Å². The molecule has 3 aromatic rings. The predicted molar refractivity (Wildman–Crippen MR) is 114 cm³/mol. The average molecular weight is 407 g/mol. The molecule has 30 heavy (non-hydrogen) atoms. The molecule has 156 valence electrons. The summed E-state index contributed by atoms with van der Waals surface area (Å²) < 4.78 is 11.9. The summed E-state index contributed by atoms with van der Waals surface area (Å²) in [7, 11) is 1.33. The highest BCUT2D eigenvalue weighted by Gasteiger charge is 2.13. The summed E-state index contributed by atoms with van der Waals surface area (Å²) in [5, 5.41) is 7.83. The van der Waals surface area contributed by atoms with Crippen molar-refractivity contribution in [3.63, 3.8) is 0 Å². The van der Waals surface area contributed by atoms with Crippen LogP contribution in [0.15, 0.2) is 54.7 Å². The Balaban J connectivity index is 1.64. The maximum atomic E-state index is 12.1. The average Bonchev–Trinajstić information content (AvgIpc) is 3.19. The second kappa shape index (κ2) is 9.73. The zero-order valence-electron chi connectivity index (χ0n) is 17.3. The standard InChI is InChI=1S/C23H25N3O4/c1-16-14-18(24-20-12-13-26(25-20)19-8-5-4-6-9-19)15-17(2)23(16)30-22(28)11-7-10-21(27)29-3/h4-6,8-9,12-15H,7,10-11H2,1-3H3,(H,24,25). The van der Waals surface area contributed by atoms with Crippen LogP contribution >= 0.6 is 0 Å². The first-order chi connectivity index (χ1) is 14.5. The van der Waals surface area contributed by atoms with E-state index in [2.05, 4.69) is 15.2 Å². The van der Waals surface area contributed by atoms with E-state index in [1.165, 1.54) is 7.11 Å². The van der Waals surface area contributed by atoms with Gasteiger partial charge in [-0.25, -0.2) is 4.68 Å². The number of hydrogen-bond acceptors (Lipinski definition) is 6. The number of aromatic nitrogens is 2. The second-order valence-corrected chi connectivity index (χ2v) is 6.95. The summed E-state index contributed by atoms with van der Waals surface area (Å²) in [6, 6.07) is 15.6. The summed E-state index contributed by atoms with van der Waals surface area (Å²) in [6.45, 7) is 3.77. The first kappa shape index (κ1) is 21.1. The number of nitrogens with one attached hydrogen (secondary N) is 1. The van der Waals surface area contributed by atoms with Gasteiger partial charge in [0.2, 0.25) is 0 Å². The first-order valence-electron chi connectivity index (χ1n) is 9.73. The molecule has 0 atom stereocenters. The molecule has 7 nitrogen and oxygen atoms in total. The molecule has 0 saturated heterocycles. The molecule has 0 radical (unpaired) electrons. The minimum absolute atomic E-state index is 0.158. The molecular weight excluding hydrogens is 382 g/mol. The van der Waals surface area contributed by atoms with Gasteiger partial charge in [-0.3, -0.25) is 9.59 Å². The van der Waals surface area contributed by atoms with Crippen LogP contribution in [0, 0.1) is 13.8 Å². The molecule has 0 bridgehead atoms. The molecule has 2 aromatic carbocycles. The topological polar surface area (TPSA) is 82.5 Å². The number of hydrogen-bond donors (Lipinski definition) is 1. The van der Waals surface area contributed by atoms with Crippen LogP contribution in [-0.4, -0.2) is 28.8 Å². The van der Waals surface area contributed by atoms with Crippen LogP contribution < -0.4 is 10.1 Å². The fourth-order valence-electron chi connectivity index (χ4n) is 3.09. The highest BCUT2D eigenvalue weighted by molar-refractivity contribution is 5.75. The summed E-state index contributed by atoms with van der Waals surface area (Å²) in [5.41, 5.74) is 3.50. The van der Waals surface area contributed by atoms with Crippen LogP contribution in [0.25, 0.3) is 5.69 Å². The third-order valence-electron chi connectivity index (χ3n) is 4.55. The SMILES string of the molecule is COC(=O)CCCC(=O)Oc1c(C)cc(Nc2ccn(-c3ccccc3)n2)cc1C. The van der Waals surface area contributed by atoms with E-state index in [1.54, 1.807) is 4.68 Å². The number of benzene rings is 2. The maximum Gasteiger partial charge on any atom is 0.311 e. The number of rotatable bonds is 8. The molecule has 0 aliphatic carbocycles. The normalized spacial score (nSPS) is 10.5. The molecule has 7 heteroatoms. The Morgan fingerprint density at radius 1 is 1.00 bits per heavy atom. The number of para-hydroxylation sites is 1. The van der Waals surface area contributed by atoms with Crippen molar-refractivity contribution in [2.24, 2.45) is 0 Å². The van der Waals surface area contributed by atoms with Gasteiger partial charge in [-0.05, 0) is 55.7 Å². The molecule has 1 aromatic heterocycles. The summed E-state index contributed by atoms with van der Waals surface area (Å²) in [5.74, 6) is 0.552. The van der Waals surface area contributed by atoms with Crippen molar-refractivity contribution < 1.29 is 19.1 Å². The van der Waals surface area contributed by atoms with Crippen molar-refractivity contribution in [3.8, 4) is 11.4 Å². The Morgan fingerprint density at radius 2 is 1.67 bits per heavy atom. The van der Waals surface area contributed by atoms with E-state index in [-0.39, 0.29) is 24.8 Å². The number of nitrogens with zero attached hydrogens (tertiary/aromatic N) is 2. The lowest BCUT2D eigenvalue weighted by molar-refractivity contribution is -0.141. The van der Waals surface area contributed by atoms with Gasteiger partial charge in [0.05, 0.1) is 12.8 Å². The number of anilines is 2. The number of ether oxygens (including phenoxy) is 2. The van der Waals surface area contributed by atoms with E-state index in [9.17, 15) is 9.59 Å². The highest BCUT2D eigenvalue weighted by Crippen LogP contribution is 2.29. The highest BCUT2D eigenvalue weighted by atomic mass is 16.5. The predicted octanol–water partition coefficient (Wildman–Crippen LogP) is 4.48. The second-order valence-electron chi connectivity index (χ2n) is 6.95. The summed E-state index contributed by atoms with van der Waals surface area (Å²) in [6.07, 6.45) is 2.64. The van der Waals surface area contributed by atoms with Crippen LogP contribution in [0.5, 0.6) is 5.75 Å². The lowest BCUT2D eigenvalue weighted by atomic mass is 10.1. The van der Waals surface area contributed by atoms with Crippen molar-refractivity contribution in [1.29, 1.82) is 0 Å². The van der Waals surface area contributed by atoms with Crippen molar-refractivity contribution in [2.75, 3.05) is 12.4 Å². The molecule has 0 aliphatic heterocycles. The molecule has 3 rings (SSSR count). The van der Waals surface area contributed by atoms with Gasteiger partial charge in [-0.1, -0.05) is 18.2 Å². The number of esters is 2. The Morgan fingerprint density at radius 3 is 2.33 bits per heavy atom. The van der Waals surface area contributed by atoms with Crippen molar-refractivity contribution in [1.82, 2.24) is 9.78 Å². The quantitative estimate of drug-likeness (QED) is 0.438. The monoisotopic (exact) mass is 407 g/mol. The fourth-order valence-corrected chi connectivity index (χ4v) is 3.09. The van der Waals surface area contributed by atoms with E-state index in [1.807, 2.05) is 68.6 Å². The minimum Gasteiger partial charge on any atom is -0.469 e. The Hall–Kier alpha value is -3.61. The molecule has 0 fully saturated rings. The third-order valence-corrected chi connectivity index (χ3v) is 4.55. The molecule has 0 saturated carbocycles. The van der Waals surface area contributed by atoms with Crippen LogP contribution in [0.3, 0.4) is 0 Å². The Labute approximate surface area is 175 Å². The largest absolute Gasteiger partial charge is 0.469 e. The lowest BCUT2D eigenvalue weighted by Crippen LogP contribution is -2.11. The lowest BCUT2D eigenvalue weighted by Gasteiger charge is -2.13. The maximum absolute atomic E-state index is 12.1. The van der Waals surface area contributed by atoms with Gasteiger partial charge in [-0.2, -0.15) is 5.10 Å². The van der Waals surface area contributed by atoms with Crippen LogP contribution in [0.1, 0.15) is 30.4 Å². The van der Waals surface area contributed by atoms with Gasteiger partial charge in [0.25, 0.3) is 0 Å². The van der Waals surface area contributed by atoms with Crippen LogP contribution in [-0.2, 0) is 14.3 Å². The van der Waals surface area contributed by atoms with Gasteiger partial charge < -0.3 is 14.8 Å². The molecule has 0 aliphatic rings. The van der Waals surface area contributed by atoms with Gasteiger partial charge in [0.15, 0.2) is 5.82 Å².